The van der Waals surface area contributed by atoms with Crippen LogP contribution < -0.4 is 9.64 Å². The maximum absolute atomic E-state index is 13.4. The minimum Gasteiger partial charge on any atom is -0.495 e. The van der Waals surface area contributed by atoms with Gasteiger partial charge in [-0.2, -0.15) is 0 Å². The Bertz CT molecular complexity index is 1040. The van der Waals surface area contributed by atoms with Crippen molar-refractivity contribution < 1.29 is 17.9 Å². The van der Waals surface area contributed by atoms with E-state index in [0.717, 1.165) is 29.8 Å². The van der Waals surface area contributed by atoms with E-state index in [1.54, 1.807) is 11.4 Å². The second-order valence-corrected chi connectivity index (χ2v) is 10.4. The fourth-order valence-electron chi connectivity index (χ4n) is 4.72. The van der Waals surface area contributed by atoms with Crippen LogP contribution in [0.4, 0.5) is 5.69 Å². The maximum atomic E-state index is 13.4. The topological polar surface area (TPSA) is 66.9 Å². The van der Waals surface area contributed by atoms with Crippen LogP contribution in [0.2, 0.25) is 0 Å². The zero-order valence-electron chi connectivity index (χ0n) is 18.2. The summed E-state index contributed by atoms with van der Waals surface area (Å²) in [6.45, 7) is 3.52. The van der Waals surface area contributed by atoms with Crippen molar-refractivity contribution in [1.29, 1.82) is 0 Å². The van der Waals surface area contributed by atoms with Gasteiger partial charge in [0.2, 0.25) is 15.9 Å². The highest BCUT2D eigenvalue weighted by molar-refractivity contribution is 7.88. The van der Waals surface area contributed by atoms with Crippen LogP contribution in [-0.2, 0) is 27.0 Å². The molecular weight excluding hydrogens is 412 g/mol. The largest absolute Gasteiger partial charge is 0.495 e. The van der Waals surface area contributed by atoms with Gasteiger partial charge in [-0.3, -0.25) is 4.79 Å². The standard InChI is InChI=1S/C24H30N2O4S/c1-18-10-11-22(30-2)23-21(18)9-6-14-26(23)24(27)20-12-15-25(16-13-20)31(28,29)17-19-7-4-3-5-8-19/h3-5,7-8,10-11,20H,6,9,12-17H2,1-2H3. The molecule has 1 amide bonds. The Morgan fingerprint density at radius 3 is 2.45 bits per heavy atom. The van der Waals surface area contributed by atoms with Crippen molar-refractivity contribution in [3.63, 3.8) is 0 Å². The number of carbonyl (C=O) groups excluding carboxylic acids is 1. The molecule has 0 aromatic heterocycles. The SMILES string of the molecule is COc1ccc(C)c2c1N(C(=O)C1CCN(S(=O)(=O)Cc3ccccc3)CC1)CCC2. The number of hydrogen-bond donors (Lipinski definition) is 0. The average Bonchev–Trinajstić information content (AvgIpc) is 2.79. The molecule has 2 aliphatic heterocycles. The fraction of sp³-hybridized carbons (Fsp3) is 0.458. The molecule has 1 saturated heterocycles. The quantitative estimate of drug-likeness (QED) is 0.711. The number of carbonyl (C=O) groups is 1. The van der Waals surface area contributed by atoms with Crippen molar-refractivity contribution in [2.75, 3.05) is 31.6 Å². The fourth-order valence-corrected chi connectivity index (χ4v) is 6.28. The highest BCUT2D eigenvalue weighted by Gasteiger charge is 2.36. The number of aryl methyl sites for hydroxylation is 1. The molecule has 7 heteroatoms. The predicted octanol–water partition coefficient (Wildman–Crippen LogP) is 3.52. The third-order valence-electron chi connectivity index (χ3n) is 6.43. The molecule has 0 atom stereocenters. The number of anilines is 1. The van der Waals surface area contributed by atoms with Gasteiger partial charge in [0.1, 0.15) is 5.75 Å². The number of fused-ring (bicyclic) bond motifs is 1. The summed E-state index contributed by atoms with van der Waals surface area (Å²) in [5, 5.41) is 0. The number of benzene rings is 2. The lowest BCUT2D eigenvalue weighted by molar-refractivity contribution is -0.123. The zero-order chi connectivity index (χ0) is 22.0. The summed E-state index contributed by atoms with van der Waals surface area (Å²) in [5.41, 5.74) is 4.04. The molecule has 0 radical (unpaired) electrons. The van der Waals surface area contributed by atoms with Gasteiger partial charge < -0.3 is 9.64 Å². The van der Waals surface area contributed by atoms with Crippen LogP contribution in [0.25, 0.3) is 0 Å². The van der Waals surface area contributed by atoms with E-state index in [9.17, 15) is 13.2 Å². The van der Waals surface area contributed by atoms with E-state index in [0.29, 0.717) is 32.5 Å². The molecule has 2 heterocycles. The lowest BCUT2D eigenvalue weighted by atomic mass is 9.92. The molecule has 0 spiro atoms. The summed E-state index contributed by atoms with van der Waals surface area (Å²) in [6.07, 6.45) is 2.97. The molecular formula is C24H30N2O4S. The minimum absolute atomic E-state index is 0.00241. The highest BCUT2D eigenvalue weighted by Crippen LogP contribution is 2.39. The van der Waals surface area contributed by atoms with Crippen LogP contribution in [0.1, 0.15) is 36.0 Å². The summed E-state index contributed by atoms with van der Waals surface area (Å²) in [5.74, 6) is 0.656. The second kappa shape index (κ2) is 9.01. The van der Waals surface area contributed by atoms with E-state index in [-0.39, 0.29) is 17.6 Å². The third kappa shape index (κ3) is 4.48. The highest BCUT2D eigenvalue weighted by atomic mass is 32.2. The monoisotopic (exact) mass is 442 g/mol. The number of methoxy groups -OCH3 is 1. The molecule has 166 valence electrons. The van der Waals surface area contributed by atoms with Crippen LogP contribution >= 0.6 is 0 Å². The number of rotatable bonds is 5. The van der Waals surface area contributed by atoms with Gasteiger partial charge in [-0.1, -0.05) is 36.4 Å². The molecule has 2 aromatic rings. The van der Waals surface area contributed by atoms with Crippen molar-refractivity contribution in [2.24, 2.45) is 5.92 Å². The number of hydrogen-bond acceptors (Lipinski definition) is 4. The Morgan fingerprint density at radius 2 is 1.77 bits per heavy atom. The van der Waals surface area contributed by atoms with E-state index < -0.39 is 10.0 Å². The van der Waals surface area contributed by atoms with Crippen molar-refractivity contribution >= 4 is 21.6 Å². The van der Waals surface area contributed by atoms with Gasteiger partial charge in [0.05, 0.1) is 18.6 Å². The van der Waals surface area contributed by atoms with Gasteiger partial charge >= 0.3 is 0 Å². The van der Waals surface area contributed by atoms with E-state index in [1.807, 2.05) is 47.4 Å². The van der Waals surface area contributed by atoms with Gasteiger partial charge in [0, 0.05) is 25.6 Å². The molecule has 0 bridgehead atoms. The molecule has 31 heavy (non-hydrogen) atoms. The summed E-state index contributed by atoms with van der Waals surface area (Å²) < 4.78 is 32.8. The lowest BCUT2D eigenvalue weighted by Gasteiger charge is -2.37. The molecule has 6 nitrogen and oxygen atoms in total. The van der Waals surface area contributed by atoms with Crippen LogP contribution in [0.3, 0.4) is 0 Å². The summed E-state index contributed by atoms with van der Waals surface area (Å²) in [6, 6.07) is 13.2. The Kier molecular flexibility index (Phi) is 6.34. The normalized spacial score (nSPS) is 17.9. The number of sulfonamides is 1. The van der Waals surface area contributed by atoms with Crippen molar-refractivity contribution in [2.45, 2.75) is 38.4 Å². The molecule has 2 aliphatic rings. The number of nitrogens with zero attached hydrogens (tertiary/aromatic N) is 2. The Morgan fingerprint density at radius 1 is 1.06 bits per heavy atom. The van der Waals surface area contributed by atoms with Crippen LogP contribution in [0.15, 0.2) is 42.5 Å². The predicted molar refractivity (Wildman–Crippen MR) is 122 cm³/mol. The number of ether oxygens (including phenoxy) is 1. The lowest BCUT2D eigenvalue weighted by Crippen LogP contribution is -2.46. The summed E-state index contributed by atoms with van der Waals surface area (Å²) in [7, 11) is -1.75. The van der Waals surface area contributed by atoms with E-state index in [4.69, 9.17) is 4.74 Å². The molecule has 0 saturated carbocycles. The first kappa shape index (κ1) is 21.8. The molecule has 4 rings (SSSR count). The van der Waals surface area contributed by atoms with E-state index in [1.165, 1.54) is 11.1 Å². The third-order valence-corrected chi connectivity index (χ3v) is 8.28. The van der Waals surface area contributed by atoms with Gasteiger partial charge in [0.15, 0.2) is 0 Å². The molecule has 0 unspecified atom stereocenters. The van der Waals surface area contributed by atoms with Gasteiger partial charge in [-0.05, 0) is 55.4 Å². The first-order chi connectivity index (χ1) is 14.9. The number of amides is 1. The first-order valence-corrected chi connectivity index (χ1v) is 12.5. The average molecular weight is 443 g/mol. The van der Waals surface area contributed by atoms with Crippen molar-refractivity contribution in [1.82, 2.24) is 4.31 Å². The second-order valence-electron chi connectivity index (χ2n) is 8.42. The Balaban J connectivity index is 1.46. The van der Waals surface area contributed by atoms with E-state index >= 15 is 0 Å². The van der Waals surface area contributed by atoms with Crippen molar-refractivity contribution in [3.8, 4) is 5.75 Å². The molecule has 1 fully saturated rings. The van der Waals surface area contributed by atoms with Crippen molar-refractivity contribution in [3.05, 3.63) is 59.2 Å². The Labute approximate surface area is 184 Å². The van der Waals surface area contributed by atoms with Crippen LogP contribution in [0.5, 0.6) is 5.75 Å². The van der Waals surface area contributed by atoms with Gasteiger partial charge in [-0.15, -0.1) is 0 Å². The molecule has 0 N–H and O–H groups in total. The number of piperidine rings is 1. The van der Waals surface area contributed by atoms with E-state index in [2.05, 4.69) is 6.92 Å². The Hall–Kier alpha value is -2.38. The first-order valence-electron chi connectivity index (χ1n) is 10.9. The van der Waals surface area contributed by atoms with Crippen LogP contribution in [-0.4, -0.2) is 45.4 Å². The minimum atomic E-state index is -3.39. The summed E-state index contributed by atoms with van der Waals surface area (Å²) >= 11 is 0. The molecule has 0 aliphatic carbocycles. The maximum Gasteiger partial charge on any atom is 0.230 e. The zero-order valence-corrected chi connectivity index (χ0v) is 19.0. The van der Waals surface area contributed by atoms with Gasteiger partial charge in [-0.25, -0.2) is 12.7 Å². The van der Waals surface area contributed by atoms with Crippen LogP contribution in [0, 0.1) is 12.8 Å². The molecule has 2 aromatic carbocycles. The van der Waals surface area contributed by atoms with Gasteiger partial charge in [0.25, 0.3) is 0 Å². The smallest absolute Gasteiger partial charge is 0.230 e. The summed E-state index contributed by atoms with van der Waals surface area (Å²) in [4.78, 5) is 15.3.